The summed E-state index contributed by atoms with van der Waals surface area (Å²) >= 11 is 0. The molecular weight excluding hydrogens is 108 g/mol. The Morgan fingerprint density at radius 3 is 2.56 bits per heavy atom. The van der Waals surface area contributed by atoms with Crippen LogP contribution in [0.25, 0.3) is 0 Å². The van der Waals surface area contributed by atoms with Crippen LogP contribution in [-0.2, 0) is 0 Å². The van der Waals surface area contributed by atoms with Gasteiger partial charge in [0.1, 0.15) is 0 Å². The van der Waals surface area contributed by atoms with Gasteiger partial charge in [0, 0.05) is 0 Å². The second kappa shape index (κ2) is 2.55. The third kappa shape index (κ3) is 1.57. The first-order valence-electron chi connectivity index (χ1n) is 3.88. The minimum atomic E-state index is 0.786. The topological polar surface area (TPSA) is 0 Å². The normalized spacial score (nSPS) is 36.9. The summed E-state index contributed by atoms with van der Waals surface area (Å²) in [4.78, 5) is 0. The van der Waals surface area contributed by atoms with Crippen molar-refractivity contribution in [3.63, 3.8) is 0 Å². The summed E-state index contributed by atoms with van der Waals surface area (Å²) < 4.78 is 0. The molecule has 1 rings (SSSR count). The van der Waals surface area contributed by atoms with Gasteiger partial charge in [0.15, 0.2) is 0 Å². The van der Waals surface area contributed by atoms with Gasteiger partial charge in [-0.2, -0.15) is 0 Å². The quantitative estimate of drug-likeness (QED) is 0.435. The molecule has 0 aromatic heterocycles. The molecule has 0 spiro atoms. The Bertz CT molecular complexity index is 113. The molecule has 0 amide bonds. The number of hydrogen-bond acceptors (Lipinski definition) is 0. The molecule has 0 aliphatic heterocycles. The van der Waals surface area contributed by atoms with Gasteiger partial charge in [-0.3, -0.25) is 0 Å². The van der Waals surface area contributed by atoms with Crippen LogP contribution in [0.15, 0.2) is 12.2 Å². The lowest BCUT2D eigenvalue weighted by Crippen LogP contribution is -2.12. The fourth-order valence-corrected chi connectivity index (χ4v) is 1.57. The zero-order valence-electron chi connectivity index (χ0n) is 6.48. The lowest BCUT2D eigenvalue weighted by molar-refractivity contribution is 0.372. The van der Waals surface area contributed by atoms with Crippen LogP contribution in [0.5, 0.6) is 0 Å². The van der Waals surface area contributed by atoms with E-state index in [1.807, 2.05) is 0 Å². The summed E-state index contributed by atoms with van der Waals surface area (Å²) in [7, 11) is 0. The molecule has 0 heterocycles. The SMILES string of the molecule is C=C1CCC(C)CC1C. The van der Waals surface area contributed by atoms with Crippen LogP contribution in [-0.4, -0.2) is 0 Å². The predicted molar refractivity (Wildman–Crippen MR) is 41.3 cm³/mol. The molecule has 0 aromatic rings. The zero-order chi connectivity index (χ0) is 6.85. The third-order valence-corrected chi connectivity index (χ3v) is 2.41. The van der Waals surface area contributed by atoms with Crippen LogP contribution < -0.4 is 0 Å². The van der Waals surface area contributed by atoms with Crippen molar-refractivity contribution in [2.45, 2.75) is 33.1 Å². The predicted octanol–water partition coefficient (Wildman–Crippen LogP) is 3.00. The van der Waals surface area contributed by atoms with Gasteiger partial charge in [0.05, 0.1) is 0 Å². The van der Waals surface area contributed by atoms with Crippen molar-refractivity contribution in [2.24, 2.45) is 11.8 Å². The molecule has 0 N–H and O–H groups in total. The maximum atomic E-state index is 4.03. The lowest BCUT2D eigenvalue weighted by atomic mass is 9.81. The van der Waals surface area contributed by atoms with Crippen molar-refractivity contribution >= 4 is 0 Å². The van der Waals surface area contributed by atoms with E-state index in [9.17, 15) is 0 Å². The van der Waals surface area contributed by atoms with Crippen LogP contribution in [0.1, 0.15) is 33.1 Å². The van der Waals surface area contributed by atoms with E-state index >= 15 is 0 Å². The highest BCUT2D eigenvalue weighted by Crippen LogP contribution is 2.31. The molecule has 52 valence electrons. The summed E-state index contributed by atoms with van der Waals surface area (Å²) in [6.07, 6.45) is 3.99. The van der Waals surface area contributed by atoms with Gasteiger partial charge in [0.2, 0.25) is 0 Å². The van der Waals surface area contributed by atoms with Gasteiger partial charge >= 0.3 is 0 Å². The summed E-state index contributed by atoms with van der Waals surface area (Å²) in [5.41, 5.74) is 1.47. The zero-order valence-corrected chi connectivity index (χ0v) is 6.48. The van der Waals surface area contributed by atoms with Gasteiger partial charge < -0.3 is 0 Å². The smallest absolute Gasteiger partial charge is 0.0232 e. The summed E-state index contributed by atoms with van der Waals surface area (Å²) in [5.74, 6) is 1.72. The van der Waals surface area contributed by atoms with E-state index in [4.69, 9.17) is 0 Å². The molecule has 2 unspecified atom stereocenters. The molecule has 2 atom stereocenters. The van der Waals surface area contributed by atoms with Crippen molar-refractivity contribution in [1.29, 1.82) is 0 Å². The average Bonchev–Trinajstić information content (AvgIpc) is 1.80. The van der Waals surface area contributed by atoms with E-state index in [2.05, 4.69) is 20.4 Å². The standard InChI is InChI=1S/C9H16/c1-7-4-5-8(2)9(3)6-7/h7,9H,2,4-6H2,1,3H3. The monoisotopic (exact) mass is 124 g/mol. The molecule has 1 saturated carbocycles. The Hall–Kier alpha value is -0.260. The van der Waals surface area contributed by atoms with Crippen molar-refractivity contribution in [2.75, 3.05) is 0 Å². The number of hydrogen-bond donors (Lipinski definition) is 0. The second-order valence-electron chi connectivity index (χ2n) is 3.44. The minimum Gasteiger partial charge on any atom is -0.0996 e. The van der Waals surface area contributed by atoms with Gasteiger partial charge in [0.25, 0.3) is 0 Å². The Balaban J connectivity index is 2.44. The van der Waals surface area contributed by atoms with E-state index in [0.29, 0.717) is 0 Å². The number of allylic oxidation sites excluding steroid dienone is 1. The molecule has 0 saturated heterocycles. The Kier molecular flexibility index (Phi) is 1.94. The average molecular weight is 124 g/mol. The van der Waals surface area contributed by atoms with Crippen molar-refractivity contribution < 1.29 is 0 Å². The highest BCUT2D eigenvalue weighted by Gasteiger charge is 2.17. The highest BCUT2D eigenvalue weighted by molar-refractivity contribution is 5.02. The fraction of sp³-hybridized carbons (Fsp3) is 0.778. The molecule has 9 heavy (non-hydrogen) atoms. The van der Waals surface area contributed by atoms with Gasteiger partial charge in [-0.05, 0) is 31.1 Å². The van der Waals surface area contributed by atoms with E-state index in [0.717, 1.165) is 11.8 Å². The van der Waals surface area contributed by atoms with E-state index in [1.54, 1.807) is 0 Å². The van der Waals surface area contributed by atoms with Gasteiger partial charge in [-0.25, -0.2) is 0 Å². The first-order valence-corrected chi connectivity index (χ1v) is 3.88. The van der Waals surface area contributed by atoms with Crippen LogP contribution in [0.3, 0.4) is 0 Å². The molecule has 1 aliphatic rings. The summed E-state index contributed by atoms with van der Waals surface area (Å²) in [5, 5.41) is 0. The third-order valence-electron chi connectivity index (χ3n) is 2.41. The maximum absolute atomic E-state index is 4.03. The Morgan fingerprint density at radius 2 is 2.11 bits per heavy atom. The first kappa shape index (κ1) is 6.85. The van der Waals surface area contributed by atoms with Crippen molar-refractivity contribution in [1.82, 2.24) is 0 Å². The van der Waals surface area contributed by atoms with Crippen LogP contribution in [0.4, 0.5) is 0 Å². The van der Waals surface area contributed by atoms with E-state index in [1.165, 1.54) is 24.8 Å². The molecular formula is C9H16. The first-order chi connectivity index (χ1) is 4.20. The minimum absolute atomic E-state index is 0.786. The van der Waals surface area contributed by atoms with Crippen LogP contribution in [0, 0.1) is 11.8 Å². The molecule has 0 bridgehead atoms. The largest absolute Gasteiger partial charge is 0.0996 e. The van der Waals surface area contributed by atoms with Crippen LogP contribution >= 0.6 is 0 Å². The van der Waals surface area contributed by atoms with Crippen molar-refractivity contribution in [3.05, 3.63) is 12.2 Å². The summed E-state index contributed by atoms with van der Waals surface area (Å²) in [6, 6.07) is 0. The molecule has 1 fully saturated rings. The Morgan fingerprint density at radius 1 is 1.44 bits per heavy atom. The van der Waals surface area contributed by atoms with E-state index in [-0.39, 0.29) is 0 Å². The second-order valence-corrected chi connectivity index (χ2v) is 3.44. The molecule has 0 radical (unpaired) electrons. The van der Waals surface area contributed by atoms with E-state index < -0.39 is 0 Å². The lowest BCUT2D eigenvalue weighted by Gasteiger charge is -2.25. The maximum Gasteiger partial charge on any atom is -0.0232 e. The summed E-state index contributed by atoms with van der Waals surface area (Å²) in [6.45, 7) is 8.66. The molecule has 0 heteroatoms. The highest BCUT2D eigenvalue weighted by atomic mass is 14.2. The molecule has 1 aliphatic carbocycles. The molecule has 0 nitrogen and oxygen atoms in total. The van der Waals surface area contributed by atoms with Crippen molar-refractivity contribution in [3.8, 4) is 0 Å². The van der Waals surface area contributed by atoms with Crippen LogP contribution in [0.2, 0.25) is 0 Å². The Labute approximate surface area is 58.0 Å². The van der Waals surface area contributed by atoms with Gasteiger partial charge in [-0.1, -0.05) is 26.0 Å². The van der Waals surface area contributed by atoms with Gasteiger partial charge in [-0.15, -0.1) is 0 Å². The molecule has 0 aromatic carbocycles. The fourth-order valence-electron chi connectivity index (χ4n) is 1.57. The number of rotatable bonds is 0.